The molecule has 4 aliphatic rings. The fraction of sp³-hybridized carbons (Fsp3) is 0.944. The third-order valence-corrected chi connectivity index (χ3v) is 6.14. The first-order chi connectivity index (χ1) is 10.0. The lowest BCUT2D eigenvalue weighted by molar-refractivity contribution is -0.141. The zero-order chi connectivity index (χ0) is 15.0. The standard InChI is InChI=1S/C18H32N2O/c1-12(2)19-6-4-5-17(21)20(3)18-15-8-13-7-14(10-15)11-16(18)9-13/h12-16,18-19H,4-11H2,1-3H3. The average Bonchev–Trinajstić information content (AvgIpc) is 2.41. The molecule has 4 bridgehead atoms. The Labute approximate surface area is 129 Å². The molecule has 0 spiro atoms. The van der Waals surface area contributed by atoms with Crippen LogP contribution in [0.25, 0.3) is 0 Å². The van der Waals surface area contributed by atoms with Gasteiger partial charge in [-0.15, -0.1) is 0 Å². The van der Waals surface area contributed by atoms with Crippen LogP contribution in [0.3, 0.4) is 0 Å². The minimum absolute atomic E-state index is 0.373. The Morgan fingerprint density at radius 3 is 2.19 bits per heavy atom. The van der Waals surface area contributed by atoms with Crippen molar-refractivity contribution in [2.75, 3.05) is 13.6 Å². The minimum Gasteiger partial charge on any atom is -0.342 e. The molecule has 4 saturated carbocycles. The Morgan fingerprint density at radius 2 is 1.67 bits per heavy atom. The summed E-state index contributed by atoms with van der Waals surface area (Å²) in [5.74, 6) is 3.97. The molecule has 0 radical (unpaired) electrons. The summed E-state index contributed by atoms with van der Waals surface area (Å²) < 4.78 is 0. The fourth-order valence-electron chi connectivity index (χ4n) is 5.50. The number of nitrogens with one attached hydrogen (secondary N) is 1. The van der Waals surface area contributed by atoms with Crippen LogP contribution in [0.4, 0.5) is 0 Å². The number of carbonyl (C=O) groups excluding carboxylic acids is 1. The van der Waals surface area contributed by atoms with Crippen molar-refractivity contribution < 1.29 is 4.79 Å². The molecule has 0 aromatic carbocycles. The normalized spacial score (nSPS) is 37.2. The molecule has 0 aliphatic heterocycles. The molecule has 0 heterocycles. The maximum atomic E-state index is 12.5. The summed E-state index contributed by atoms with van der Waals surface area (Å²) in [5, 5.41) is 3.40. The van der Waals surface area contributed by atoms with Crippen LogP contribution in [0.5, 0.6) is 0 Å². The number of hydrogen-bond donors (Lipinski definition) is 1. The van der Waals surface area contributed by atoms with E-state index in [2.05, 4.69) is 31.1 Å². The fourth-order valence-corrected chi connectivity index (χ4v) is 5.50. The molecule has 1 amide bonds. The lowest BCUT2D eigenvalue weighted by Gasteiger charge is -2.56. The highest BCUT2D eigenvalue weighted by atomic mass is 16.2. The van der Waals surface area contributed by atoms with Crippen LogP contribution < -0.4 is 5.32 Å². The summed E-state index contributed by atoms with van der Waals surface area (Å²) in [5.41, 5.74) is 0. The summed E-state index contributed by atoms with van der Waals surface area (Å²) in [6.45, 7) is 5.27. The summed E-state index contributed by atoms with van der Waals surface area (Å²) >= 11 is 0. The van der Waals surface area contributed by atoms with E-state index in [1.165, 1.54) is 32.1 Å². The average molecular weight is 292 g/mol. The van der Waals surface area contributed by atoms with E-state index in [0.717, 1.165) is 36.6 Å². The van der Waals surface area contributed by atoms with E-state index < -0.39 is 0 Å². The molecule has 0 saturated heterocycles. The lowest BCUT2D eigenvalue weighted by atomic mass is 9.54. The summed E-state index contributed by atoms with van der Waals surface area (Å²) in [6, 6.07) is 1.07. The van der Waals surface area contributed by atoms with Gasteiger partial charge in [0.1, 0.15) is 0 Å². The summed E-state index contributed by atoms with van der Waals surface area (Å²) in [6.07, 6.45) is 8.73. The van der Waals surface area contributed by atoms with E-state index in [4.69, 9.17) is 0 Å². The second kappa shape index (κ2) is 6.28. The number of hydrogen-bond acceptors (Lipinski definition) is 2. The Balaban J connectivity index is 1.50. The third kappa shape index (κ3) is 3.28. The van der Waals surface area contributed by atoms with Crippen LogP contribution >= 0.6 is 0 Å². The van der Waals surface area contributed by atoms with Crippen molar-refractivity contribution in [1.29, 1.82) is 0 Å². The molecule has 0 atom stereocenters. The Bertz CT molecular complexity index is 351. The second-order valence-electron chi connectivity index (χ2n) is 8.14. The van der Waals surface area contributed by atoms with E-state index in [-0.39, 0.29) is 0 Å². The maximum Gasteiger partial charge on any atom is 0.222 e. The van der Waals surface area contributed by atoms with Crippen molar-refractivity contribution >= 4 is 5.91 Å². The van der Waals surface area contributed by atoms with Gasteiger partial charge in [-0.25, -0.2) is 0 Å². The van der Waals surface area contributed by atoms with Crippen molar-refractivity contribution in [1.82, 2.24) is 10.2 Å². The lowest BCUT2D eigenvalue weighted by Crippen LogP contribution is -2.56. The summed E-state index contributed by atoms with van der Waals surface area (Å²) in [4.78, 5) is 14.7. The quantitative estimate of drug-likeness (QED) is 0.763. The van der Waals surface area contributed by atoms with Gasteiger partial charge in [0.25, 0.3) is 0 Å². The van der Waals surface area contributed by atoms with Crippen molar-refractivity contribution in [3.05, 3.63) is 0 Å². The Hall–Kier alpha value is -0.570. The smallest absolute Gasteiger partial charge is 0.222 e. The molecule has 4 rings (SSSR count). The van der Waals surface area contributed by atoms with Crippen LogP contribution in [0.15, 0.2) is 0 Å². The number of amides is 1. The molecule has 120 valence electrons. The third-order valence-electron chi connectivity index (χ3n) is 6.14. The predicted octanol–water partition coefficient (Wildman–Crippen LogP) is 3.05. The number of nitrogens with zero attached hydrogens (tertiary/aromatic N) is 1. The van der Waals surface area contributed by atoms with Gasteiger partial charge < -0.3 is 10.2 Å². The summed E-state index contributed by atoms with van der Waals surface area (Å²) in [7, 11) is 2.07. The van der Waals surface area contributed by atoms with E-state index in [0.29, 0.717) is 24.4 Å². The topological polar surface area (TPSA) is 32.3 Å². The first kappa shape index (κ1) is 15.3. The Kier molecular flexibility index (Phi) is 4.58. The molecule has 4 fully saturated rings. The molecule has 21 heavy (non-hydrogen) atoms. The van der Waals surface area contributed by atoms with Crippen LogP contribution in [-0.2, 0) is 4.79 Å². The van der Waals surface area contributed by atoms with Crippen molar-refractivity contribution in [2.45, 2.75) is 70.9 Å². The molecular formula is C18H32N2O. The van der Waals surface area contributed by atoms with Crippen LogP contribution in [0.2, 0.25) is 0 Å². The first-order valence-corrected chi connectivity index (χ1v) is 9.03. The zero-order valence-corrected chi connectivity index (χ0v) is 14.0. The monoisotopic (exact) mass is 292 g/mol. The molecule has 0 aromatic heterocycles. The highest BCUT2D eigenvalue weighted by Crippen LogP contribution is 2.54. The van der Waals surface area contributed by atoms with Crippen LogP contribution in [0, 0.1) is 23.7 Å². The van der Waals surface area contributed by atoms with Crippen molar-refractivity contribution in [3.63, 3.8) is 0 Å². The van der Waals surface area contributed by atoms with Gasteiger partial charge in [-0.3, -0.25) is 4.79 Å². The van der Waals surface area contributed by atoms with Gasteiger partial charge >= 0.3 is 0 Å². The zero-order valence-electron chi connectivity index (χ0n) is 14.0. The van der Waals surface area contributed by atoms with E-state index in [1.807, 2.05) is 0 Å². The van der Waals surface area contributed by atoms with Gasteiger partial charge in [-0.2, -0.15) is 0 Å². The molecule has 4 aliphatic carbocycles. The van der Waals surface area contributed by atoms with Crippen molar-refractivity contribution in [3.8, 4) is 0 Å². The minimum atomic E-state index is 0.373. The number of rotatable bonds is 6. The van der Waals surface area contributed by atoms with Gasteiger partial charge in [0, 0.05) is 25.6 Å². The molecule has 3 nitrogen and oxygen atoms in total. The maximum absolute atomic E-state index is 12.5. The van der Waals surface area contributed by atoms with Gasteiger partial charge in [-0.1, -0.05) is 13.8 Å². The highest BCUT2D eigenvalue weighted by molar-refractivity contribution is 5.76. The van der Waals surface area contributed by atoms with Gasteiger partial charge in [0.2, 0.25) is 5.91 Å². The van der Waals surface area contributed by atoms with Crippen LogP contribution in [-0.4, -0.2) is 36.5 Å². The molecule has 0 aromatic rings. The van der Waals surface area contributed by atoms with Gasteiger partial charge in [0.15, 0.2) is 0 Å². The van der Waals surface area contributed by atoms with Gasteiger partial charge in [-0.05, 0) is 68.7 Å². The molecule has 3 heteroatoms. The number of carbonyl (C=O) groups is 1. The van der Waals surface area contributed by atoms with Gasteiger partial charge in [0.05, 0.1) is 0 Å². The molecule has 0 unspecified atom stereocenters. The second-order valence-corrected chi connectivity index (χ2v) is 8.14. The highest BCUT2D eigenvalue weighted by Gasteiger charge is 2.50. The SMILES string of the molecule is CC(C)NCCCC(=O)N(C)C1C2CC3CC(C2)CC1C3. The van der Waals surface area contributed by atoms with E-state index in [1.54, 1.807) is 0 Å². The first-order valence-electron chi connectivity index (χ1n) is 9.03. The van der Waals surface area contributed by atoms with E-state index in [9.17, 15) is 4.79 Å². The van der Waals surface area contributed by atoms with Crippen molar-refractivity contribution in [2.24, 2.45) is 23.7 Å². The Morgan fingerprint density at radius 1 is 1.10 bits per heavy atom. The molecular weight excluding hydrogens is 260 g/mol. The predicted molar refractivity (Wildman–Crippen MR) is 86.0 cm³/mol. The van der Waals surface area contributed by atoms with Crippen LogP contribution in [0.1, 0.15) is 58.8 Å². The largest absolute Gasteiger partial charge is 0.342 e. The molecule has 1 N–H and O–H groups in total. The van der Waals surface area contributed by atoms with E-state index >= 15 is 0 Å².